The highest BCUT2D eigenvalue weighted by molar-refractivity contribution is 5.33. The van der Waals surface area contributed by atoms with E-state index in [1.54, 1.807) is 0 Å². The molecule has 0 aliphatic carbocycles. The Balaban J connectivity index is 1.81. The van der Waals surface area contributed by atoms with Crippen molar-refractivity contribution in [3.05, 3.63) is 64.7 Å². The molecule has 0 amide bonds. The van der Waals surface area contributed by atoms with Gasteiger partial charge in [-0.25, -0.2) is 0 Å². The molecule has 0 aliphatic rings. The van der Waals surface area contributed by atoms with Gasteiger partial charge in [0.15, 0.2) is 0 Å². The molecule has 0 aliphatic heterocycles. The van der Waals surface area contributed by atoms with Gasteiger partial charge in [0.05, 0.1) is 19.8 Å². The van der Waals surface area contributed by atoms with Crippen molar-refractivity contribution in [2.75, 3.05) is 13.2 Å². The normalized spacial score (nSPS) is 10.8. The molecule has 4 heteroatoms. The van der Waals surface area contributed by atoms with E-state index in [-0.39, 0.29) is 19.8 Å². The standard InChI is InChI=1S/C21H28O4/c22-12-2-1-3-13-25-21-10-7-17(8-11-21)4-5-18-6-9-19(15-23)20(14-18)16-24/h6-11,14,22-24H,1-5,12-13,15-16H2. The average molecular weight is 344 g/mol. The number of aliphatic hydroxyl groups is 3. The smallest absolute Gasteiger partial charge is 0.119 e. The Morgan fingerprint density at radius 1 is 0.680 bits per heavy atom. The zero-order chi connectivity index (χ0) is 17.9. The van der Waals surface area contributed by atoms with Crippen molar-refractivity contribution in [3.63, 3.8) is 0 Å². The van der Waals surface area contributed by atoms with Crippen LogP contribution in [0.25, 0.3) is 0 Å². The number of hydrogen-bond acceptors (Lipinski definition) is 4. The van der Waals surface area contributed by atoms with Crippen molar-refractivity contribution in [1.82, 2.24) is 0 Å². The molecule has 0 fully saturated rings. The van der Waals surface area contributed by atoms with Gasteiger partial charge >= 0.3 is 0 Å². The Morgan fingerprint density at radius 2 is 1.36 bits per heavy atom. The second kappa shape index (κ2) is 10.9. The topological polar surface area (TPSA) is 69.9 Å². The van der Waals surface area contributed by atoms with E-state index in [0.717, 1.165) is 54.5 Å². The van der Waals surface area contributed by atoms with Gasteiger partial charge in [0.1, 0.15) is 5.75 Å². The number of aliphatic hydroxyl groups excluding tert-OH is 3. The van der Waals surface area contributed by atoms with Crippen LogP contribution in [0.5, 0.6) is 5.75 Å². The Kier molecular flexibility index (Phi) is 8.46. The summed E-state index contributed by atoms with van der Waals surface area (Å²) in [7, 11) is 0. The van der Waals surface area contributed by atoms with E-state index in [0.29, 0.717) is 6.61 Å². The third-order valence-electron chi connectivity index (χ3n) is 4.31. The van der Waals surface area contributed by atoms with E-state index < -0.39 is 0 Å². The van der Waals surface area contributed by atoms with Crippen LogP contribution >= 0.6 is 0 Å². The predicted octanol–water partition coefficient (Wildman–Crippen LogP) is 3.00. The number of aryl methyl sites for hydroxylation is 2. The van der Waals surface area contributed by atoms with Crippen LogP contribution < -0.4 is 4.74 Å². The molecule has 0 radical (unpaired) electrons. The molecule has 2 aromatic rings. The van der Waals surface area contributed by atoms with E-state index in [4.69, 9.17) is 9.84 Å². The second-order valence-corrected chi connectivity index (χ2v) is 6.20. The Bertz CT molecular complexity index is 622. The van der Waals surface area contributed by atoms with Gasteiger partial charge in [-0.1, -0.05) is 30.3 Å². The van der Waals surface area contributed by atoms with E-state index in [1.165, 1.54) is 5.56 Å². The number of rotatable bonds is 11. The fourth-order valence-corrected chi connectivity index (χ4v) is 2.76. The lowest BCUT2D eigenvalue weighted by molar-refractivity contribution is 0.260. The van der Waals surface area contributed by atoms with E-state index >= 15 is 0 Å². The SMILES string of the molecule is OCCCCCOc1ccc(CCc2ccc(CO)c(CO)c2)cc1. The van der Waals surface area contributed by atoms with Gasteiger partial charge in [0, 0.05) is 6.61 Å². The van der Waals surface area contributed by atoms with Crippen molar-refractivity contribution < 1.29 is 20.1 Å². The summed E-state index contributed by atoms with van der Waals surface area (Å²) in [5.74, 6) is 0.877. The van der Waals surface area contributed by atoms with Crippen LogP contribution in [0.4, 0.5) is 0 Å². The maximum atomic E-state index is 9.37. The maximum absolute atomic E-state index is 9.37. The van der Waals surface area contributed by atoms with Gasteiger partial charge in [0.25, 0.3) is 0 Å². The number of ether oxygens (including phenoxy) is 1. The second-order valence-electron chi connectivity index (χ2n) is 6.20. The van der Waals surface area contributed by atoms with Gasteiger partial charge in [-0.05, 0) is 66.5 Å². The first-order valence-corrected chi connectivity index (χ1v) is 8.92. The lowest BCUT2D eigenvalue weighted by atomic mass is 10.00. The Morgan fingerprint density at radius 3 is 2.04 bits per heavy atom. The van der Waals surface area contributed by atoms with E-state index in [9.17, 15) is 10.2 Å². The molecule has 25 heavy (non-hydrogen) atoms. The fourth-order valence-electron chi connectivity index (χ4n) is 2.76. The predicted molar refractivity (Wildman–Crippen MR) is 98.6 cm³/mol. The third kappa shape index (κ3) is 6.50. The largest absolute Gasteiger partial charge is 0.494 e. The first kappa shape index (κ1) is 19.4. The van der Waals surface area contributed by atoms with Gasteiger partial charge in [-0.2, -0.15) is 0 Å². The number of hydrogen-bond donors (Lipinski definition) is 3. The Labute approximate surface area is 149 Å². The van der Waals surface area contributed by atoms with Gasteiger partial charge < -0.3 is 20.1 Å². The van der Waals surface area contributed by atoms with Gasteiger partial charge in [-0.3, -0.25) is 0 Å². The van der Waals surface area contributed by atoms with Crippen molar-refractivity contribution >= 4 is 0 Å². The van der Waals surface area contributed by atoms with Crippen LogP contribution in [0, 0.1) is 0 Å². The summed E-state index contributed by atoms with van der Waals surface area (Å²) in [4.78, 5) is 0. The highest BCUT2D eigenvalue weighted by Crippen LogP contribution is 2.17. The number of unbranched alkanes of at least 4 members (excludes halogenated alkanes) is 2. The van der Waals surface area contributed by atoms with Crippen LogP contribution in [0.15, 0.2) is 42.5 Å². The van der Waals surface area contributed by atoms with Crippen molar-refractivity contribution in [1.29, 1.82) is 0 Å². The molecule has 0 unspecified atom stereocenters. The van der Waals surface area contributed by atoms with Gasteiger partial charge in [-0.15, -0.1) is 0 Å². The average Bonchev–Trinajstić information content (AvgIpc) is 2.66. The summed E-state index contributed by atoms with van der Waals surface area (Å²) in [6.07, 6.45) is 4.58. The third-order valence-corrected chi connectivity index (χ3v) is 4.31. The lowest BCUT2D eigenvalue weighted by Gasteiger charge is -2.09. The molecule has 3 N–H and O–H groups in total. The molecule has 0 aromatic heterocycles. The zero-order valence-corrected chi connectivity index (χ0v) is 14.7. The van der Waals surface area contributed by atoms with Crippen LogP contribution in [-0.4, -0.2) is 28.5 Å². The van der Waals surface area contributed by atoms with Crippen LogP contribution in [0.3, 0.4) is 0 Å². The van der Waals surface area contributed by atoms with Crippen molar-refractivity contribution in [2.45, 2.75) is 45.3 Å². The first-order valence-electron chi connectivity index (χ1n) is 8.92. The highest BCUT2D eigenvalue weighted by Gasteiger charge is 2.03. The highest BCUT2D eigenvalue weighted by atomic mass is 16.5. The molecule has 4 nitrogen and oxygen atoms in total. The molecular weight excluding hydrogens is 316 g/mol. The molecule has 2 rings (SSSR count). The molecule has 0 saturated heterocycles. The van der Waals surface area contributed by atoms with Crippen molar-refractivity contribution in [2.24, 2.45) is 0 Å². The minimum atomic E-state index is -0.0475. The van der Waals surface area contributed by atoms with Crippen LogP contribution in [0.2, 0.25) is 0 Å². The fraction of sp³-hybridized carbons (Fsp3) is 0.429. The molecule has 0 spiro atoms. The monoisotopic (exact) mass is 344 g/mol. The van der Waals surface area contributed by atoms with E-state index in [2.05, 4.69) is 12.1 Å². The summed E-state index contributed by atoms with van der Waals surface area (Å²) in [6.45, 7) is 0.837. The first-order chi connectivity index (χ1) is 12.3. The molecule has 2 aromatic carbocycles. The summed E-state index contributed by atoms with van der Waals surface area (Å²) in [6, 6.07) is 14.0. The number of benzene rings is 2. The lowest BCUT2D eigenvalue weighted by Crippen LogP contribution is -1.99. The minimum Gasteiger partial charge on any atom is -0.494 e. The van der Waals surface area contributed by atoms with Crippen LogP contribution in [0.1, 0.15) is 41.5 Å². The molecule has 0 saturated carbocycles. The molecule has 136 valence electrons. The summed E-state index contributed by atoms with van der Waals surface area (Å²) < 4.78 is 5.69. The van der Waals surface area contributed by atoms with Crippen LogP contribution in [-0.2, 0) is 26.1 Å². The molecule has 0 heterocycles. The van der Waals surface area contributed by atoms with Crippen molar-refractivity contribution in [3.8, 4) is 5.75 Å². The van der Waals surface area contributed by atoms with E-state index in [1.807, 2.05) is 30.3 Å². The van der Waals surface area contributed by atoms with Gasteiger partial charge in [0.2, 0.25) is 0 Å². The minimum absolute atomic E-state index is 0.0440. The summed E-state index contributed by atoms with van der Waals surface area (Å²) in [5, 5.41) is 27.4. The summed E-state index contributed by atoms with van der Waals surface area (Å²) in [5.41, 5.74) is 3.98. The quantitative estimate of drug-likeness (QED) is 0.548. The molecule has 0 bridgehead atoms. The maximum Gasteiger partial charge on any atom is 0.119 e. The Hall–Kier alpha value is -1.88. The molecular formula is C21H28O4. The zero-order valence-electron chi connectivity index (χ0n) is 14.7. The summed E-state index contributed by atoms with van der Waals surface area (Å²) >= 11 is 0. The molecule has 0 atom stereocenters.